The van der Waals surface area contributed by atoms with E-state index in [1.165, 1.54) is 18.2 Å². The van der Waals surface area contributed by atoms with Crippen molar-refractivity contribution in [3.63, 3.8) is 0 Å². The monoisotopic (exact) mass is 246 g/mol. The van der Waals surface area contributed by atoms with Gasteiger partial charge in [0.05, 0.1) is 4.90 Å². The number of hydrogen-bond acceptors (Lipinski definition) is 6. The van der Waals surface area contributed by atoms with Gasteiger partial charge in [0.25, 0.3) is 0 Å². The summed E-state index contributed by atoms with van der Waals surface area (Å²) in [5, 5.41) is 9.19. The first kappa shape index (κ1) is 10.5. The first-order valence-corrected chi connectivity index (χ1v) is 6.32. The van der Waals surface area contributed by atoms with Crippen LogP contribution in [0.15, 0.2) is 23.1 Å². The lowest BCUT2D eigenvalue weighted by atomic mass is 10.3. The minimum absolute atomic E-state index is 0.0219. The lowest BCUT2D eigenvalue weighted by Gasteiger charge is -2.21. The smallest absolute Gasteiger partial charge is 0.457 e. The van der Waals surface area contributed by atoms with Gasteiger partial charge < -0.3 is 9.63 Å². The Labute approximate surface area is 89.9 Å². The topological polar surface area (TPSA) is 72.8 Å². The van der Waals surface area contributed by atoms with Crippen LogP contribution < -0.4 is 4.52 Å². The van der Waals surface area contributed by atoms with E-state index in [0.29, 0.717) is 4.90 Å². The van der Waals surface area contributed by atoms with Gasteiger partial charge in [-0.25, -0.2) is 4.57 Å². The number of thioether (sulfide) groups is 1. The molecular weight excluding hydrogens is 239 g/mol. The maximum absolute atomic E-state index is 11.7. The molecule has 0 amide bonds. The van der Waals surface area contributed by atoms with Crippen molar-refractivity contribution in [1.29, 1.82) is 0 Å². The van der Waals surface area contributed by atoms with Gasteiger partial charge in [-0.05, 0) is 23.9 Å². The quantitative estimate of drug-likeness (QED) is 0.768. The molecule has 0 bridgehead atoms. The van der Waals surface area contributed by atoms with Gasteiger partial charge in [-0.2, -0.15) is 0 Å². The highest BCUT2D eigenvalue weighted by atomic mass is 32.2. The van der Waals surface area contributed by atoms with E-state index < -0.39 is 12.5 Å². The molecular formula is C8H7O5PS. The summed E-state index contributed by atoms with van der Waals surface area (Å²) in [6, 6.07) is 4.23. The van der Waals surface area contributed by atoms with Gasteiger partial charge in [-0.15, -0.1) is 0 Å². The molecule has 0 saturated carbocycles. The lowest BCUT2D eigenvalue weighted by Crippen LogP contribution is -2.07. The molecule has 1 aromatic carbocycles. The fraction of sp³-hybridized carbons (Fsp3) is 0.125. The SMILES string of the molecule is COP1(=O)Oc2cc(O)ccc2SC1=O. The van der Waals surface area contributed by atoms with E-state index in [9.17, 15) is 14.5 Å². The molecule has 1 aliphatic heterocycles. The number of rotatable bonds is 1. The molecule has 1 aromatic rings. The van der Waals surface area contributed by atoms with E-state index in [0.717, 1.165) is 18.9 Å². The molecule has 1 N–H and O–H groups in total. The molecule has 0 fully saturated rings. The first-order chi connectivity index (χ1) is 7.05. The third kappa shape index (κ3) is 1.76. The molecule has 1 unspecified atom stereocenters. The summed E-state index contributed by atoms with van der Waals surface area (Å²) in [5.74, 6) is 0.177. The Balaban J connectivity index is 2.48. The normalized spacial score (nSPS) is 24.5. The summed E-state index contributed by atoms with van der Waals surface area (Å²) in [5.41, 5.74) is 0. The van der Waals surface area contributed by atoms with Crippen LogP contribution in [0.2, 0.25) is 0 Å². The van der Waals surface area contributed by atoms with Gasteiger partial charge in [0.2, 0.25) is 0 Å². The average Bonchev–Trinajstić information content (AvgIpc) is 2.20. The number of hydrogen-bond donors (Lipinski definition) is 1. The molecule has 5 nitrogen and oxygen atoms in total. The van der Waals surface area contributed by atoms with Gasteiger partial charge in [0.1, 0.15) is 11.5 Å². The molecule has 2 rings (SSSR count). The average molecular weight is 246 g/mol. The number of carbonyl (C=O) groups excluding carboxylic acids is 1. The zero-order chi connectivity index (χ0) is 11.1. The molecule has 0 spiro atoms. The zero-order valence-electron chi connectivity index (χ0n) is 7.67. The van der Waals surface area contributed by atoms with Crippen molar-refractivity contribution in [1.82, 2.24) is 0 Å². The van der Waals surface area contributed by atoms with Crippen molar-refractivity contribution in [2.24, 2.45) is 0 Å². The van der Waals surface area contributed by atoms with Crippen LogP contribution in [0.25, 0.3) is 0 Å². The van der Waals surface area contributed by atoms with Gasteiger partial charge in [-0.1, -0.05) is 0 Å². The molecule has 80 valence electrons. The summed E-state index contributed by atoms with van der Waals surface area (Å²) in [6.45, 7) is 0. The molecule has 7 heteroatoms. The fourth-order valence-corrected chi connectivity index (χ4v) is 3.45. The maximum Gasteiger partial charge on any atom is 0.457 e. The number of fused-ring (bicyclic) bond motifs is 1. The van der Waals surface area contributed by atoms with E-state index in [-0.39, 0.29) is 11.5 Å². The van der Waals surface area contributed by atoms with E-state index >= 15 is 0 Å². The summed E-state index contributed by atoms with van der Waals surface area (Å²) < 4.78 is 21.2. The molecule has 15 heavy (non-hydrogen) atoms. The maximum atomic E-state index is 11.7. The van der Waals surface area contributed by atoms with Crippen molar-refractivity contribution >= 4 is 24.2 Å². The number of aromatic hydroxyl groups is 1. The Morgan fingerprint density at radius 3 is 2.93 bits per heavy atom. The van der Waals surface area contributed by atoms with Crippen LogP contribution in [0.5, 0.6) is 11.5 Å². The van der Waals surface area contributed by atoms with Crippen LogP contribution in [0.3, 0.4) is 0 Å². The molecule has 1 aliphatic rings. The van der Waals surface area contributed by atoms with Crippen LogP contribution in [-0.2, 0) is 9.09 Å². The molecule has 1 atom stereocenters. The van der Waals surface area contributed by atoms with Gasteiger partial charge in [0, 0.05) is 13.2 Å². The Morgan fingerprint density at radius 1 is 1.53 bits per heavy atom. The van der Waals surface area contributed by atoms with Crippen molar-refractivity contribution in [3.05, 3.63) is 18.2 Å². The fourth-order valence-electron chi connectivity index (χ4n) is 1.08. The summed E-state index contributed by atoms with van der Waals surface area (Å²) in [4.78, 5) is 11.2. The molecule has 0 aromatic heterocycles. The first-order valence-electron chi connectivity index (χ1n) is 3.96. The highest BCUT2D eigenvalue weighted by Crippen LogP contribution is 2.59. The van der Waals surface area contributed by atoms with Crippen molar-refractivity contribution in [3.8, 4) is 11.5 Å². The Kier molecular flexibility index (Phi) is 2.50. The van der Waals surface area contributed by atoms with Crippen LogP contribution >= 0.6 is 19.4 Å². The third-order valence-electron chi connectivity index (χ3n) is 1.81. The Bertz CT molecular complexity index is 472. The number of benzene rings is 1. The van der Waals surface area contributed by atoms with E-state index in [4.69, 9.17) is 4.52 Å². The highest BCUT2D eigenvalue weighted by molar-refractivity contribution is 8.25. The number of phenolic OH excluding ortho intramolecular Hbond substituents is 1. The van der Waals surface area contributed by atoms with Crippen molar-refractivity contribution in [2.75, 3.05) is 7.11 Å². The highest BCUT2D eigenvalue weighted by Gasteiger charge is 2.41. The summed E-state index contributed by atoms with van der Waals surface area (Å²) in [7, 11) is -2.58. The third-order valence-corrected chi connectivity index (χ3v) is 4.85. The summed E-state index contributed by atoms with van der Waals surface area (Å²) >= 11 is 0.789. The second kappa shape index (κ2) is 3.56. The van der Waals surface area contributed by atoms with Crippen LogP contribution in [-0.4, -0.2) is 17.1 Å². The standard InChI is InChI=1S/C8H7O5PS/c1-12-14(11)8(10)15-7-3-2-5(9)4-6(7)13-14/h2-4,9H,1H3. The predicted octanol–water partition coefficient (Wildman–Crippen LogP) is 2.84. The van der Waals surface area contributed by atoms with Crippen LogP contribution in [0.4, 0.5) is 4.79 Å². The largest absolute Gasteiger partial charge is 0.508 e. The van der Waals surface area contributed by atoms with Crippen LogP contribution in [0.1, 0.15) is 0 Å². The number of carbonyl (C=O) groups is 1. The second-order valence-electron chi connectivity index (χ2n) is 2.77. The Morgan fingerprint density at radius 2 is 2.27 bits per heavy atom. The van der Waals surface area contributed by atoms with Crippen molar-refractivity contribution in [2.45, 2.75) is 4.90 Å². The molecule has 1 heterocycles. The zero-order valence-corrected chi connectivity index (χ0v) is 9.38. The molecule has 0 aliphatic carbocycles. The second-order valence-corrected chi connectivity index (χ2v) is 6.04. The minimum atomic E-state index is -3.72. The van der Waals surface area contributed by atoms with E-state index in [1.54, 1.807) is 0 Å². The lowest BCUT2D eigenvalue weighted by molar-refractivity contribution is 0.259. The number of phenols is 1. The van der Waals surface area contributed by atoms with E-state index in [1.807, 2.05) is 0 Å². The van der Waals surface area contributed by atoms with E-state index in [2.05, 4.69) is 4.52 Å². The predicted molar refractivity (Wildman–Crippen MR) is 54.6 cm³/mol. The van der Waals surface area contributed by atoms with Gasteiger partial charge in [0.15, 0.2) is 0 Å². The van der Waals surface area contributed by atoms with Gasteiger partial charge >= 0.3 is 12.5 Å². The minimum Gasteiger partial charge on any atom is -0.508 e. The van der Waals surface area contributed by atoms with Gasteiger partial charge in [-0.3, -0.25) is 9.32 Å². The molecule has 0 saturated heterocycles. The van der Waals surface area contributed by atoms with Crippen LogP contribution in [0, 0.1) is 0 Å². The summed E-state index contributed by atoms with van der Waals surface area (Å²) in [6.07, 6.45) is 0. The Hall–Kier alpha value is -0.970. The van der Waals surface area contributed by atoms with Crippen molar-refractivity contribution < 1.29 is 23.5 Å². The molecule has 0 radical (unpaired) electrons.